The number of aromatic hydroxyl groups is 1. The van der Waals surface area contributed by atoms with Crippen LogP contribution in [0.1, 0.15) is 37.5 Å². The van der Waals surface area contributed by atoms with Gasteiger partial charge in [0.25, 0.3) is 0 Å². The van der Waals surface area contributed by atoms with Crippen LogP contribution < -0.4 is 5.43 Å². The molecule has 25 heavy (non-hydrogen) atoms. The number of rotatable bonds is 3. The zero-order chi connectivity index (χ0) is 18.2. The molecule has 2 aromatic carbocycles. The fourth-order valence-corrected chi connectivity index (χ4v) is 3.63. The van der Waals surface area contributed by atoms with Crippen LogP contribution in [0.4, 0.5) is 0 Å². The zero-order valence-corrected chi connectivity index (χ0v) is 15.7. The van der Waals surface area contributed by atoms with E-state index >= 15 is 0 Å². The van der Waals surface area contributed by atoms with Gasteiger partial charge in [0.1, 0.15) is 16.7 Å². The number of phenols is 1. The number of benzene rings is 2. The van der Waals surface area contributed by atoms with Gasteiger partial charge in [-0.15, -0.1) is 0 Å². The van der Waals surface area contributed by atoms with Gasteiger partial charge in [0.2, 0.25) is 5.43 Å². The first kappa shape index (κ1) is 17.6. The molecule has 0 aliphatic heterocycles. The van der Waals surface area contributed by atoms with Gasteiger partial charge in [0, 0.05) is 11.3 Å². The predicted octanol–water partition coefficient (Wildman–Crippen LogP) is 5.40. The molecule has 1 heterocycles. The third-order valence-electron chi connectivity index (χ3n) is 4.27. The van der Waals surface area contributed by atoms with Crippen LogP contribution in [0.2, 0.25) is 0 Å². The maximum absolute atomic E-state index is 12.5. The number of fused-ring (bicyclic) bond motifs is 1. The lowest BCUT2D eigenvalue weighted by Gasteiger charge is -2.19. The zero-order valence-electron chi connectivity index (χ0n) is 14.9. The Balaban J connectivity index is 1.86. The summed E-state index contributed by atoms with van der Waals surface area (Å²) < 4.78 is 5.86. The highest BCUT2D eigenvalue weighted by molar-refractivity contribution is 7.98. The Morgan fingerprint density at radius 1 is 1.08 bits per heavy atom. The van der Waals surface area contributed by atoms with E-state index in [-0.39, 0.29) is 22.0 Å². The molecular weight excluding hydrogens is 332 g/mol. The van der Waals surface area contributed by atoms with Gasteiger partial charge in [0.15, 0.2) is 5.09 Å². The summed E-state index contributed by atoms with van der Waals surface area (Å²) in [6, 6.07) is 13.4. The van der Waals surface area contributed by atoms with E-state index in [9.17, 15) is 9.90 Å². The molecule has 1 aromatic heterocycles. The fraction of sp³-hybridized carbons (Fsp3) is 0.286. The Morgan fingerprint density at radius 2 is 1.76 bits per heavy atom. The first-order valence-electron chi connectivity index (χ1n) is 8.25. The van der Waals surface area contributed by atoms with E-state index in [1.54, 1.807) is 19.1 Å². The molecule has 0 aliphatic rings. The van der Waals surface area contributed by atoms with E-state index in [0.717, 1.165) is 5.75 Å². The van der Waals surface area contributed by atoms with Crippen molar-refractivity contribution in [2.24, 2.45) is 0 Å². The maximum Gasteiger partial charge on any atom is 0.200 e. The predicted molar refractivity (Wildman–Crippen MR) is 104 cm³/mol. The van der Waals surface area contributed by atoms with E-state index in [1.807, 2.05) is 0 Å². The molecule has 3 nitrogen and oxygen atoms in total. The molecule has 130 valence electrons. The Morgan fingerprint density at radius 3 is 2.40 bits per heavy atom. The summed E-state index contributed by atoms with van der Waals surface area (Å²) in [5.41, 5.74) is 3.38. The second-order valence-electron chi connectivity index (χ2n) is 7.23. The molecule has 3 aromatic rings. The highest BCUT2D eigenvalue weighted by Gasteiger charge is 2.15. The van der Waals surface area contributed by atoms with E-state index in [1.165, 1.54) is 29.0 Å². The van der Waals surface area contributed by atoms with Crippen LogP contribution in [0, 0.1) is 6.92 Å². The number of hydrogen-bond acceptors (Lipinski definition) is 4. The average molecular weight is 354 g/mol. The monoisotopic (exact) mass is 354 g/mol. The summed E-state index contributed by atoms with van der Waals surface area (Å²) in [4.78, 5) is 12.5. The summed E-state index contributed by atoms with van der Waals surface area (Å²) in [6.07, 6.45) is 0. The van der Waals surface area contributed by atoms with Crippen molar-refractivity contribution < 1.29 is 9.52 Å². The van der Waals surface area contributed by atoms with Crippen LogP contribution in [-0.2, 0) is 11.2 Å². The molecule has 0 saturated heterocycles. The second kappa shape index (κ2) is 6.60. The molecule has 0 saturated carbocycles. The highest BCUT2D eigenvalue weighted by atomic mass is 32.2. The smallest absolute Gasteiger partial charge is 0.200 e. The van der Waals surface area contributed by atoms with Crippen molar-refractivity contribution in [3.63, 3.8) is 0 Å². The largest absolute Gasteiger partial charge is 0.507 e. The summed E-state index contributed by atoms with van der Waals surface area (Å²) in [7, 11) is 0. The van der Waals surface area contributed by atoms with Crippen molar-refractivity contribution in [3.8, 4) is 5.75 Å². The van der Waals surface area contributed by atoms with Crippen molar-refractivity contribution >= 4 is 22.7 Å². The minimum absolute atomic E-state index is 0.0383. The van der Waals surface area contributed by atoms with Gasteiger partial charge in [-0.3, -0.25) is 4.79 Å². The molecular formula is C21H22O3S. The van der Waals surface area contributed by atoms with Crippen LogP contribution in [0.25, 0.3) is 11.0 Å². The number of thioether (sulfide) groups is 1. The summed E-state index contributed by atoms with van der Waals surface area (Å²) >= 11 is 1.50. The van der Waals surface area contributed by atoms with Crippen LogP contribution in [-0.4, -0.2) is 5.11 Å². The molecule has 0 aliphatic carbocycles. The molecule has 0 atom stereocenters. The van der Waals surface area contributed by atoms with Crippen LogP contribution >= 0.6 is 11.8 Å². The summed E-state index contributed by atoms with van der Waals surface area (Å²) in [6.45, 7) is 8.32. The highest BCUT2D eigenvalue weighted by Crippen LogP contribution is 2.31. The van der Waals surface area contributed by atoms with Crippen molar-refractivity contribution in [1.82, 2.24) is 0 Å². The summed E-state index contributed by atoms with van der Waals surface area (Å²) in [5, 5.41) is 10.7. The van der Waals surface area contributed by atoms with Crippen molar-refractivity contribution in [2.75, 3.05) is 0 Å². The lowest BCUT2D eigenvalue weighted by Crippen LogP contribution is -2.10. The molecule has 3 rings (SSSR count). The van der Waals surface area contributed by atoms with Gasteiger partial charge < -0.3 is 9.52 Å². The van der Waals surface area contributed by atoms with Gasteiger partial charge in [0.05, 0.1) is 0 Å². The molecule has 0 spiro atoms. The van der Waals surface area contributed by atoms with Crippen molar-refractivity contribution in [1.29, 1.82) is 0 Å². The third kappa shape index (κ3) is 3.59. The SMILES string of the molecule is Cc1c(SCc2ccc(C(C)(C)C)cc2)oc2cccc(O)c2c1=O. The molecule has 0 bridgehead atoms. The quantitative estimate of drug-likeness (QED) is 0.640. The molecule has 0 radical (unpaired) electrons. The van der Waals surface area contributed by atoms with Gasteiger partial charge >= 0.3 is 0 Å². The van der Waals surface area contributed by atoms with Gasteiger partial charge in [-0.25, -0.2) is 0 Å². The standard InChI is InChI=1S/C21H22O3S/c1-13-19(23)18-16(22)6-5-7-17(18)24-20(13)25-12-14-8-10-15(11-9-14)21(2,3)4/h5-11,22H,12H2,1-4H3. The molecule has 0 unspecified atom stereocenters. The Hall–Kier alpha value is -2.20. The van der Waals surface area contributed by atoms with Gasteiger partial charge in [-0.1, -0.05) is 62.9 Å². The minimum Gasteiger partial charge on any atom is -0.507 e. The molecule has 4 heteroatoms. The minimum atomic E-state index is -0.176. The molecule has 0 fully saturated rings. The van der Waals surface area contributed by atoms with Crippen molar-refractivity contribution in [2.45, 2.75) is 44.0 Å². The number of phenolic OH excluding ortho intramolecular Hbond substituents is 1. The first-order chi connectivity index (χ1) is 11.8. The van der Waals surface area contributed by atoms with E-state index in [2.05, 4.69) is 45.0 Å². The van der Waals surface area contributed by atoms with Gasteiger partial charge in [-0.05, 0) is 35.6 Å². The average Bonchev–Trinajstić information content (AvgIpc) is 2.56. The van der Waals surface area contributed by atoms with Gasteiger partial charge in [-0.2, -0.15) is 0 Å². The second-order valence-corrected chi connectivity index (χ2v) is 8.18. The Kier molecular flexibility index (Phi) is 4.65. The Bertz CT molecular complexity index is 963. The van der Waals surface area contributed by atoms with Crippen molar-refractivity contribution in [3.05, 3.63) is 69.4 Å². The van der Waals surface area contributed by atoms with Crippen LogP contribution in [0.5, 0.6) is 5.75 Å². The maximum atomic E-state index is 12.5. The van der Waals surface area contributed by atoms with E-state index in [0.29, 0.717) is 16.2 Å². The number of hydrogen-bond donors (Lipinski definition) is 1. The lowest BCUT2D eigenvalue weighted by molar-refractivity contribution is 0.470. The van der Waals surface area contributed by atoms with Crippen LogP contribution in [0.3, 0.4) is 0 Å². The third-order valence-corrected chi connectivity index (χ3v) is 5.40. The lowest BCUT2D eigenvalue weighted by atomic mass is 9.87. The van der Waals surface area contributed by atoms with E-state index < -0.39 is 0 Å². The van der Waals surface area contributed by atoms with Crippen LogP contribution in [0.15, 0.2) is 56.8 Å². The summed E-state index contributed by atoms with van der Waals surface area (Å²) in [5.74, 6) is 0.682. The topological polar surface area (TPSA) is 50.4 Å². The Labute approximate surface area is 151 Å². The first-order valence-corrected chi connectivity index (χ1v) is 9.23. The van der Waals surface area contributed by atoms with E-state index in [4.69, 9.17) is 4.42 Å². The normalized spacial score (nSPS) is 11.8. The molecule has 0 amide bonds. The molecule has 1 N–H and O–H groups in total. The fourth-order valence-electron chi connectivity index (χ4n) is 2.68.